The summed E-state index contributed by atoms with van der Waals surface area (Å²) in [5, 5.41) is 0. The van der Waals surface area contributed by atoms with Gasteiger partial charge >= 0.3 is 0 Å². The van der Waals surface area contributed by atoms with Crippen LogP contribution in [-0.4, -0.2) is 63.0 Å². The van der Waals surface area contributed by atoms with Gasteiger partial charge in [0, 0.05) is 0 Å². The molecule has 0 saturated heterocycles. The maximum Gasteiger partial charge on any atom is 0.285 e. The van der Waals surface area contributed by atoms with Crippen LogP contribution in [0.25, 0.3) is 0 Å². The number of hydrogen-bond acceptors (Lipinski definition) is 3. The SMILES string of the molecule is CCN(C)[Si](C)(N(C)CC)N(C)CC. The van der Waals surface area contributed by atoms with Crippen molar-refractivity contribution in [1.29, 1.82) is 0 Å². The van der Waals surface area contributed by atoms with E-state index in [1.807, 2.05) is 0 Å². The van der Waals surface area contributed by atoms with Crippen molar-refractivity contribution in [2.45, 2.75) is 27.3 Å². The van der Waals surface area contributed by atoms with Crippen LogP contribution in [0.1, 0.15) is 20.8 Å². The Balaban J connectivity index is 4.83. The third-order valence-electron chi connectivity index (χ3n) is 3.59. The lowest BCUT2D eigenvalue weighted by Gasteiger charge is -2.47. The van der Waals surface area contributed by atoms with Crippen molar-refractivity contribution in [3.8, 4) is 0 Å². The van der Waals surface area contributed by atoms with Gasteiger partial charge in [0.1, 0.15) is 0 Å². The van der Waals surface area contributed by atoms with Crippen LogP contribution in [0.15, 0.2) is 0 Å². The molecule has 0 atom stereocenters. The van der Waals surface area contributed by atoms with Gasteiger partial charge in [-0.3, -0.25) is 0 Å². The maximum absolute atomic E-state index is 2.51. The van der Waals surface area contributed by atoms with Gasteiger partial charge in [0.2, 0.25) is 0 Å². The second-order valence-electron chi connectivity index (χ2n) is 4.01. The molecule has 0 unspecified atom stereocenters. The second kappa shape index (κ2) is 5.85. The maximum atomic E-state index is 2.51. The molecule has 0 radical (unpaired) electrons. The zero-order chi connectivity index (χ0) is 11.4. The summed E-state index contributed by atoms with van der Waals surface area (Å²) in [4.78, 5) is 0. The van der Waals surface area contributed by atoms with Crippen molar-refractivity contribution in [2.75, 3.05) is 40.8 Å². The van der Waals surface area contributed by atoms with Crippen LogP contribution in [0.5, 0.6) is 0 Å². The van der Waals surface area contributed by atoms with E-state index in [-0.39, 0.29) is 0 Å². The number of hydrogen-bond donors (Lipinski definition) is 0. The molecule has 0 aliphatic rings. The van der Waals surface area contributed by atoms with Crippen molar-refractivity contribution in [3.63, 3.8) is 0 Å². The summed E-state index contributed by atoms with van der Waals surface area (Å²) >= 11 is 0. The molecule has 0 fully saturated rings. The topological polar surface area (TPSA) is 9.72 Å². The molecule has 0 aromatic rings. The Labute approximate surface area is 90.9 Å². The van der Waals surface area contributed by atoms with E-state index in [9.17, 15) is 0 Å². The van der Waals surface area contributed by atoms with Gasteiger partial charge in [-0.15, -0.1) is 0 Å². The van der Waals surface area contributed by atoms with Crippen molar-refractivity contribution < 1.29 is 0 Å². The highest BCUT2D eigenvalue weighted by atomic mass is 28.4. The molecule has 14 heavy (non-hydrogen) atoms. The quantitative estimate of drug-likeness (QED) is 0.623. The van der Waals surface area contributed by atoms with E-state index >= 15 is 0 Å². The van der Waals surface area contributed by atoms with E-state index in [0.717, 1.165) is 19.6 Å². The normalized spacial score (nSPS) is 13.3. The molecule has 0 saturated carbocycles. The van der Waals surface area contributed by atoms with Gasteiger partial charge in [-0.05, 0) is 47.3 Å². The van der Waals surface area contributed by atoms with Gasteiger partial charge in [0.05, 0.1) is 0 Å². The third kappa shape index (κ3) is 2.57. The first-order valence-corrected chi connectivity index (χ1v) is 7.92. The molecule has 3 nitrogen and oxygen atoms in total. The molecular formula is C10H27N3Si. The van der Waals surface area contributed by atoms with Gasteiger partial charge in [0.25, 0.3) is 8.56 Å². The lowest BCUT2D eigenvalue weighted by molar-refractivity contribution is 0.323. The standard InChI is InChI=1S/C10H27N3Si/c1-8-11(4)14(7,12(5)9-2)13(6)10-3/h8-10H2,1-7H3. The molecule has 0 aromatic carbocycles. The molecule has 0 heterocycles. The average Bonchev–Trinajstić information content (AvgIpc) is 2.24. The van der Waals surface area contributed by atoms with Crippen LogP contribution in [0, 0.1) is 0 Å². The minimum atomic E-state index is -1.56. The van der Waals surface area contributed by atoms with Crippen LogP contribution >= 0.6 is 0 Å². The Kier molecular flexibility index (Phi) is 5.89. The molecule has 0 aliphatic heterocycles. The molecule has 0 aliphatic carbocycles. The Bertz CT molecular complexity index is 137. The highest BCUT2D eigenvalue weighted by Crippen LogP contribution is 2.15. The van der Waals surface area contributed by atoms with Crippen molar-refractivity contribution in [1.82, 2.24) is 13.7 Å². The molecule has 0 spiro atoms. The summed E-state index contributed by atoms with van der Waals surface area (Å²) in [6, 6.07) is 0. The molecule has 0 bridgehead atoms. The summed E-state index contributed by atoms with van der Waals surface area (Å²) in [6.07, 6.45) is 0. The smallest absolute Gasteiger partial charge is 0.285 e. The van der Waals surface area contributed by atoms with E-state index in [2.05, 4.69) is 62.2 Å². The largest absolute Gasteiger partial charge is 0.303 e. The third-order valence-corrected chi connectivity index (χ3v) is 8.88. The Hall–Kier alpha value is 0.0969. The lowest BCUT2D eigenvalue weighted by atomic mass is 10.8. The van der Waals surface area contributed by atoms with Gasteiger partial charge in [-0.1, -0.05) is 20.8 Å². The van der Waals surface area contributed by atoms with Crippen LogP contribution in [0.2, 0.25) is 6.55 Å². The Morgan fingerprint density at radius 3 is 1.07 bits per heavy atom. The highest BCUT2D eigenvalue weighted by molar-refractivity contribution is 6.70. The first-order valence-electron chi connectivity index (χ1n) is 5.58. The number of rotatable bonds is 6. The molecule has 4 heteroatoms. The fourth-order valence-corrected chi connectivity index (χ4v) is 5.32. The Morgan fingerprint density at radius 1 is 0.714 bits per heavy atom. The summed E-state index contributed by atoms with van der Waals surface area (Å²) in [7, 11) is 5.16. The van der Waals surface area contributed by atoms with Crippen LogP contribution in [0.3, 0.4) is 0 Å². The molecule has 0 rings (SSSR count). The summed E-state index contributed by atoms with van der Waals surface area (Å²) in [5.41, 5.74) is 0. The van der Waals surface area contributed by atoms with E-state index in [1.54, 1.807) is 0 Å². The minimum Gasteiger partial charge on any atom is -0.303 e. The monoisotopic (exact) mass is 217 g/mol. The zero-order valence-electron chi connectivity index (χ0n) is 11.0. The minimum absolute atomic E-state index is 1.12. The van der Waals surface area contributed by atoms with E-state index in [0.29, 0.717) is 0 Å². The fourth-order valence-electron chi connectivity index (χ4n) is 1.77. The van der Waals surface area contributed by atoms with E-state index < -0.39 is 8.56 Å². The van der Waals surface area contributed by atoms with Gasteiger partial charge in [-0.2, -0.15) is 0 Å². The van der Waals surface area contributed by atoms with Crippen LogP contribution in [-0.2, 0) is 0 Å². The summed E-state index contributed by atoms with van der Waals surface area (Å²) in [5.74, 6) is 0. The van der Waals surface area contributed by atoms with Gasteiger partial charge in [-0.25, -0.2) is 0 Å². The van der Waals surface area contributed by atoms with Gasteiger partial charge < -0.3 is 13.7 Å². The molecule has 0 N–H and O–H groups in total. The van der Waals surface area contributed by atoms with E-state index in [1.165, 1.54) is 0 Å². The van der Waals surface area contributed by atoms with Crippen LogP contribution < -0.4 is 0 Å². The van der Waals surface area contributed by atoms with Crippen molar-refractivity contribution in [2.24, 2.45) is 0 Å². The highest BCUT2D eigenvalue weighted by Gasteiger charge is 2.40. The molecule has 0 aromatic heterocycles. The fraction of sp³-hybridized carbons (Fsp3) is 1.00. The summed E-state index contributed by atoms with van der Waals surface area (Å²) < 4.78 is 7.54. The summed E-state index contributed by atoms with van der Waals surface area (Å²) in [6.45, 7) is 12.5. The molecular weight excluding hydrogens is 190 g/mol. The lowest BCUT2D eigenvalue weighted by Crippen LogP contribution is -2.70. The first-order chi connectivity index (χ1) is 6.44. The first kappa shape index (κ1) is 14.1. The molecule has 86 valence electrons. The zero-order valence-corrected chi connectivity index (χ0v) is 12.0. The van der Waals surface area contributed by atoms with E-state index in [4.69, 9.17) is 0 Å². The number of nitrogens with zero attached hydrogens (tertiary/aromatic N) is 3. The second-order valence-corrected chi connectivity index (χ2v) is 8.25. The molecule has 0 amide bonds. The predicted molar refractivity (Wildman–Crippen MR) is 66.5 cm³/mol. The average molecular weight is 217 g/mol. The Morgan fingerprint density at radius 2 is 0.929 bits per heavy atom. The van der Waals surface area contributed by atoms with Crippen LogP contribution in [0.4, 0.5) is 0 Å². The predicted octanol–water partition coefficient (Wildman–Crippen LogP) is 1.41. The van der Waals surface area contributed by atoms with Crippen molar-refractivity contribution in [3.05, 3.63) is 0 Å². The van der Waals surface area contributed by atoms with Crippen molar-refractivity contribution >= 4 is 8.56 Å². The van der Waals surface area contributed by atoms with Gasteiger partial charge in [0.15, 0.2) is 0 Å².